The molecule has 0 aromatic carbocycles. The third-order valence-corrected chi connectivity index (χ3v) is 3.87. The van der Waals surface area contributed by atoms with Gasteiger partial charge in [-0.05, 0) is 25.2 Å². The first-order chi connectivity index (χ1) is 7.29. The molecule has 0 radical (unpaired) electrons. The van der Waals surface area contributed by atoms with Crippen molar-refractivity contribution >= 4 is 17.6 Å². The molecule has 1 fully saturated rings. The second kappa shape index (κ2) is 4.79. The third kappa shape index (κ3) is 2.59. The number of aldehydes is 1. The van der Waals surface area contributed by atoms with Crippen molar-refractivity contribution in [1.29, 1.82) is 0 Å². The lowest BCUT2D eigenvalue weighted by Gasteiger charge is -2.28. The van der Waals surface area contributed by atoms with Gasteiger partial charge in [-0.2, -0.15) is 0 Å². The van der Waals surface area contributed by atoms with Gasteiger partial charge in [0.1, 0.15) is 11.9 Å². The number of thiophene rings is 1. The average Bonchev–Trinajstić information content (AvgIpc) is 2.69. The molecule has 1 aliphatic rings. The van der Waals surface area contributed by atoms with Crippen LogP contribution in [0.3, 0.4) is 0 Å². The second-order valence-electron chi connectivity index (χ2n) is 4.22. The van der Waals surface area contributed by atoms with Crippen LogP contribution in [0.5, 0.6) is 5.75 Å². The Morgan fingerprint density at radius 2 is 2.27 bits per heavy atom. The summed E-state index contributed by atoms with van der Waals surface area (Å²) in [5.74, 6) is 1.50. The fourth-order valence-corrected chi connectivity index (χ4v) is 2.71. The topological polar surface area (TPSA) is 26.3 Å². The molecule has 1 aromatic rings. The van der Waals surface area contributed by atoms with E-state index in [2.05, 4.69) is 6.92 Å². The molecular formula is C12H16O2S. The van der Waals surface area contributed by atoms with Crippen molar-refractivity contribution in [2.24, 2.45) is 5.92 Å². The number of carbonyl (C=O) groups excluding carboxylic acids is 1. The average molecular weight is 224 g/mol. The van der Waals surface area contributed by atoms with Gasteiger partial charge in [-0.15, -0.1) is 11.3 Å². The molecule has 15 heavy (non-hydrogen) atoms. The second-order valence-corrected chi connectivity index (χ2v) is 5.16. The Kier molecular flexibility index (Phi) is 3.41. The number of rotatable bonds is 3. The smallest absolute Gasteiger partial charge is 0.160 e. The Bertz CT molecular complexity index is 332. The first-order valence-corrected chi connectivity index (χ1v) is 6.38. The summed E-state index contributed by atoms with van der Waals surface area (Å²) in [6, 6.07) is 1.83. The number of hydrogen-bond acceptors (Lipinski definition) is 3. The van der Waals surface area contributed by atoms with Crippen LogP contribution in [0.4, 0.5) is 0 Å². The molecule has 82 valence electrons. The summed E-state index contributed by atoms with van der Waals surface area (Å²) in [5, 5.41) is 1.92. The van der Waals surface area contributed by atoms with Crippen molar-refractivity contribution in [2.75, 3.05) is 0 Å². The van der Waals surface area contributed by atoms with Gasteiger partial charge in [-0.3, -0.25) is 4.79 Å². The van der Waals surface area contributed by atoms with E-state index in [9.17, 15) is 4.79 Å². The minimum Gasteiger partial charge on any atom is -0.489 e. The van der Waals surface area contributed by atoms with E-state index in [0.29, 0.717) is 12.0 Å². The third-order valence-electron chi connectivity index (χ3n) is 3.03. The summed E-state index contributed by atoms with van der Waals surface area (Å²) in [6.45, 7) is 2.25. The lowest BCUT2D eigenvalue weighted by atomic mass is 9.88. The van der Waals surface area contributed by atoms with Gasteiger partial charge in [-0.25, -0.2) is 0 Å². The van der Waals surface area contributed by atoms with Gasteiger partial charge >= 0.3 is 0 Å². The molecular weight excluding hydrogens is 208 g/mol. The molecule has 3 heteroatoms. The zero-order chi connectivity index (χ0) is 10.7. The molecule has 1 aliphatic carbocycles. The Labute approximate surface area is 94.3 Å². The normalized spacial score (nSPS) is 26.2. The van der Waals surface area contributed by atoms with Crippen molar-refractivity contribution in [3.8, 4) is 5.75 Å². The summed E-state index contributed by atoms with van der Waals surface area (Å²) < 4.78 is 5.90. The standard InChI is InChI=1S/C12H16O2S/c1-9-4-2-3-5-12(9)14-10-6-11(7-13)15-8-10/h6-9,12H,2-5H2,1H3. The Morgan fingerprint density at radius 1 is 1.47 bits per heavy atom. The summed E-state index contributed by atoms with van der Waals surface area (Å²) in [4.78, 5) is 11.3. The molecule has 1 saturated carbocycles. The first kappa shape index (κ1) is 10.7. The van der Waals surface area contributed by atoms with E-state index in [0.717, 1.165) is 23.3 Å². The molecule has 0 aliphatic heterocycles. The zero-order valence-corrected chi connectivity index (χ0v) is 9.76. The monoisotopic (exact) mass is 224 g/mol. The minimum atomic E-state index is 0.341. The number of ether oxygens (including phenoxy) is 1. The predicted octanol–water partition coefficient (Wildman–Crippen LogP) is 3.52. The highest BCUT2D eigenvalue weighted by atomic mass is 32.1. The molecule has 2 nitrogen and oxygen atoms in total. The van der Waals surface area contributed by atoms with Crippen LogP contribution in [0.15, 0.2) is 11.4 Å². The molecule has 1 heterocycles. The van der Waals surface area contributed by atoms with Gasteiger partial charge in [0.2, 0.25) is 0 Å². The van der Waals surface area contributed by atoms with Crippen LogP contribution in [0.2, 0.25) is 0 Å². The largest absolute Gasteiger partial charge is 0.489 e. The van der Waals surface area contributed by atoms with Crippen molar-refractivity contribution in [3.63, 3.8) is 0 Å². The van der Waals surface area contributed by atoms with Gasteiger partial charge in [0, 0.05) is 11.4 Å². The molecule has 2 atom stereocenters. The maximum atomic E-state index is 10.5. The van der Waals surface area contributed by atoms with Gasteiger partial charge in [0.05, 0.1) is 4.88 Å². The van der Waals surface area contributed by atoms with E-state index < -0.39 is 0 Å². The summed E-state index contributed by atoms with van der Waals surface area (Å²) >= 11 is 1.45. The van der Waals surface area contributed by atoms with Gasteiger partial charge in [0.15, 0.2) is 6.29 Å². The van der Waals surface area contributed by atoms with E-state index in [1.807, 2.05) is 11.4 Å². The maximum Gasteiger partial charge on any atom is 0.160 e. The molecule has 0 spiro atoms. The van der Waals surface area contributed by atoms with Crippen LogP contribution in [0.1, 0.15) is 42.3 Å². The molecule has 2 rings (SSSR count). The maximum absolute atomic E-state index is 10.5. The highest BCUT2D eigenvalue weighted by Gasteiger charge is 2.23. The van der Waals surface area contributed by atoms with Crippen LogP contribution in [-0.2, 0) is 0 Å². The van der Waals surface area contributed by atoms with Crippen LogP contribution < -0.4 is 4.74 Å². The Morgan fingerprint density at radius 3 is 2.93 bits per heavy atom. The van der Waals surface area contributed by atoms with E-state index in [1.54, 1.807) is 0 Å². The van der Waals surface area contributed by atoms with Crippen molar-refractivity contribution in [3.05, 3.63) is 16.3 Å². The van der Waals surface area contributed by atoms with E-state index in [1.165, 1.54) is 30.6 Å². The quantitative estimate of drug-likeness (QED) is 0.734. The number of carbonyl (C=O) groups is 1. The van der Waals surface area contributed by atoms with E-state index in [-0.39, 0.29) is 0 Å². The van der Waals surface area contributed by atoms with E-state index in [4.69, 9.17) is 4.74 Å². The van der Waals surface area contributed by atoms with Crippen LogP contribution in [0, 0.1) is 5.92 Å². The first-order valence-electron chi connectivity index (χ1n) is 5.50. The van der Waals surface area contributed by atoms with Crippen molar-refractivity contribution in [1.82, 2.24) is 0 Å². The minimum absolute atomic E-state index is 0.341. The lowest BCUT2D eigenvalue weighted by molar-refractivity contribution is 0.103. The molecule has 0 bridgehead atoms. The van der Waals surface area contributed by atoms with Gasteiger partial charge < -0.3 is 4.74 Å². The molecule has 0 saturated heterocycles. The number of hydrogen-bond donors (Lipinski definition) is 0. The SMILES string of the molecule is CC1CCCCC1Oc1csc(C=O)c1. The fourth-order valence-electron chi connectivity index (χ4n) is 2.09. The van der Waals surface area contributed by atoms with Crippen LogP contribution >= 0.6 is 11.3 Å². The molecule has 1 aromatic heterocycles. The van der Waals surface area contributed by atoms with Crippen molar-refractivity contribution < 1.29 is 9.53 Å². The van der Waals surface area contributed by atoms with Gasteiger partial charge in [-0.1, -0.05) is 13.3 Å². The summed E-state index contributed by atoms with van der Waals surface area (Å²) in [6.07, 6.45) is 6.21. The Balaban J connectivity index is 1.97. The lowest BCUT2D eigenvalue weighted by Crippen LogP contribution is -2.28. The molecule has 2 unspecified atom stereocenters. The molecule has 0 N–H and O–H groups in total. The zero-order valence-electron chi connectivity index (χ0n) is 8.94. The fraction of sp³-hybridized carbons (Fsp3) is 0.583. The summed E-state index contributed by atoms with van der Waals surface area (Å²) in [7, 11) is 0. The predicted molar refractivity (Wildman–Crippen MR) is 61.8 cm³/mol. The highest BCUT2D eigenvalue weighted by molar-refractivity contribution is 7.11. The van der Waals surface area contributed by atoms with Crippen LogP contribution in [0.25, 0.3) is 0 Å². The van der Waals surface area contributed by atoms with Crippen LogP contribution in [-0.4, -0.2) is 12.4 Å². The molecule has 0 amide bonds. The summed E-state index contributed by atoms with van der Waals surface area (Å²) in [5.41, 5.74) is 0. The Hall–Kier alpha value is -0.830. The van der Waals surface area contributed by atoms with Crippen molar-refractivity contribution in [2.45, 2.75) is 38.7 Å². The van der Waals surface area contributed by atoms with Gasteiger partial charge in [0.25, 0.3) is 0 Å². The van der Waals surface area contributed by atoms with E-state index >= 15 is 0 Å². The highest BCUT2D eigenvalue weighted by Crippen LogP contribution is 2.29.